The zero-order chi connectivity index (χ0) is 17.3. The van der Waals surface area contributed by atoms with E-state index in [1.165, 1.54) is 0 Å². The number of hydrogen-bond acceptors (Lipinski definition) is 2. The van der Waals surface area contributed by atoms with E-state index in [0.717, 1.165) is 0 Å². The zero-order valence-electron chi connectivity index (χ0n) is 11.7. The predicted molar refractivity (Wildman–Crippen MR) is 67.3 cm³/mol. The van der Waals surface area contributed by atoms with Crippen molar-refractivity contribution < 1.29 is 35.9 Å². The van der Waals surface area contributed by atoms with E-state index >= 15 is 0 Å². The highest BCUT2D eigenvalue weighted by Crippen LogP contribution is 2.45. The number of ether oxygens (including phenoxy) is 1. The largest absolute Gasteiger partial charge is 0.445 e. The van der Waals surface area contributed by atoms with Gasteiger partial charge in [0, 0.05) is 13.1 Å². The first kappa shape index (κ1) is 17.4. The molecule has 1 saturated heterocycles. The van der Waals surface area contributed by atoms with Crippen LogP contribution in [0, 0.1) is 11.8 Å². The van der Waals surface area contributed by atoms with Gasteiger partial charge >= 0.3 is 18.4 Å². The minimum absolute atomic E-state index is 0.219. The fourth-order valence-electron chi connectivity index (χ4n) is 2.43. The molecule has 2 rings (SSSR count). The highest BCUT2D eigenvalue weighted by molar-refractivity contribution is 5.68. The van der Waals surface area contributed by atoms with Crippen LogP contribution in [-0.4, -0.2) is 36.4 Å². The molecule has 1 heterocycles. The average Bonchev–Trinajstić information content (AvgIpc) is 2.91. The molecule has 1 aliphatic rings. The van der Waals surface area contributed by atoms with Gasteiger partial charge in [0.2, 0.25) is 0 Å². The van der Waals surface area contributed by atoms with E-state index < -0.39 is 43.4 Å². The molecule has 9 heteroatoms. The van der Waals surface area contributed by atoms with Crippen molar-refractivity contribution in [1.82, 2.24) is 4.90 Å². The SMILES string of the molecule is O=C(OCc1ccccc1)N1C[C@@H](C(F)(F)F)[C@@H](C(F)(F)F)C1. The normalized spacial score (nSPS) is 22.3. The van der Waals surface area contributed by atoms with Gasteiger partial charge in [-0.3, -0.25) is 0 Å². The minimum atomic E-state index is -5.03. The molecule has 0 bridgehead atoms. The third-order valence-electron chi connectivity index (χ3n) is 3.62. The number of hydrogen-bond donors (Lipinski definition) is 0. The molecule has 23 heavy (non-hydrogen) atoms. The Kier molecular flexibility index (Phi) is 4.76. The third-order valence-corrected chi connectivity index (χ3v) is 3.62. The first-order valence-electron chi connectivity index (χ1n) is 6.68. The van der Waals surface area contributed by atoms with Crippen molar-refractivity contribution in [3.05, 3.63) is 35.9 Å². The van der Waals surface area contributed by atoms with E-state index in [1.54, 1.807) is 30.3 Å². The number of alkyl halides is 6. The molecule has 2 atom stereocenters. The Morgan fingerprint density at radius 1 is 1.00 bits per heavy atom. The fourth-order valence-corrected chi connectivity index (χ4v) is 2.43. The topological polar surface area (TPSA) is 29.5 Å². The van der Waals surface area contributed by atoms with Crippen LogP contribution in [0.1, 0.15) is 5.56 Å². The highest BCUT2D eigenvalue weighted by atomic mass is 19.4. The standard InChI is InChI=1S/C14H13F6NO2/c15-13(16,17)10-6-21(7-11(10)14(18,19)20)12(22)23-8-9-4-2-1-3-5-9/h1-5,10-11H,6-8H2/t10-,11+. The lowest BCUT2D eigenvalue weighted by molar-refractivity contribution is -0.239. The summed E-state index contributed by atoms with van der Waals surface area (Å²) in [5, 5.41) is 0. The number of rotatable bonds is 2. The van der Waals surface area contributed by atoms with Crippen LogP contribution in [0.25, 0.3) is 0 Å². The molecule has 1 fully saturated rings. The van der Waals surface area contributed by atoms with Crippen LogP contribution >= 0.6 is 0 Å². The van der Waals surface area contributed by atoms with Crippen molar-refractivity contribution >= 4 is 6.09 Å². The number of nitrogens with zero attached hydrogens (tertiary/aromatic N) is 1. The molecular formula is C14H13F6NO2. The fraction of sp³-hybridized carbons (Fsp3) is 0.500. The summed E-state index contributed by atoms with van der Waals surface area (Å²) in [5.41, 5.74) is 0.583. The summed E-state index contributed by atoms with van der Waals surface area (Å²) in [6.07, 6.45) is -11.3. The Morgan fingerprint density at radius 3 is 1.91 bits per heavy atom. The summed E-state index contributed by atoms with van der Waals surface area (Å²) in [6.45, 7) is -2.33. The summed E-state index contributed by atoms with van der Waals surface area (Å²) in [6, 6.07) is 8.28. The smallest absolute Gasteiger partial charge is 0.410 e. The summed E-state index contributed by atoms with van der Waals surface area (Å²) in [7, 11) is 0. The van der Waals surface area contributed by atoms with Gasteiger partial charge in [0.1, 0.15) is 6.61 Å². The van der Waals surface area contributed by atoms with Crippen molar-refractivity contribution in [2.45, 2.75) is 19.0 Å². The molecule has 1 aliphatic heterocycles. The van der Waals surface area contributed by atoms with E-state index in [4.69, 9.17) is 4.74 Å². The summed E-state index contributed by atoms with van der Waals surface area (Å²) in [5.74, 6) is -5.27. The molecule has 0 aromatic heterocycles. The Hall–Kier alpha value is -1.93. The van der Waals surface area contributed by atoms with Crippen LogP contribution in [0.5, 0.6) is 0 Å². The monoisotopic (exact) mass is 341 g/mol. The van der Waals surface area contributed by atoms with Crippen LogP contribution in [-0.2, 0) is 11.3 Å². The van der Waals surface area contributed by atoms with Gasteiger partial charge < -0.3 is 9.64 Å². The lowest BCUT2D eigenvalue weighted by Crippen LogP contribution is -2.37. The van der Waals surface area contributed by atoms with E-state index in [1.807, 2.05) is 0 Å². The van der Waals surface area contributed by atoms with Crippen LogP contribution in [0.4, 0.5) is 31.1 Å². The summed E-state index contributed by atoms with van der Waals surface area (Å²) in [4.78, 5) is 12.2. The molecule has 1 aromatic rings. The Bertz CT molecular complexity index is 520. The number of benzene rings is 1. The van der Waals surface area contributed by atoms with Crippen LogP contribution in [0.2, 0.25) is 0 Å². The van der Waals surface area contributed by atoms with E-state index in [-0.39, 0.29) is 6.61 Å². The van der Waals surface area contributed by atoms with Crippen LogP contribution in [0.3, 0.4) is 0 Å². The number of likely N-dealkylation sites (tertiary alicyclic amines) is 1. The van der Waals surface area contributed by atoms with Gasteiger partial charge in [-0.15, -0.1) is 0 Å². The van der Waals surface area contributed by atoms with Gasteiger partial charge in [-0.05, 0) is 5.56 Å². The van der Waals surface area contributed by atoms with E-state index in [9.17, 15) is 31.1 Å². The first-order chi connectivity index (χ1) is 10.6. The maximum absolute atomic E-state index is 12.7. The zero-order valence-corrected chi connectivity index (χ0v) is 11.7. The molecule has 0 spiro atoms. The van der Waals surface area contributed by atoms with Crippen LogP contribution in [0.15, 0.2) is 30.3 Å². The van der Waals surface area contributed by atoms with Crippen molar-refractivity contribution in [3.63, 3.8) is 0 Å². The van der Waals surface area contributed by atoms with Gasteiger partial charge in [-0.2, -0.15) is 26.3 Å². The maximum atomic E-state index is 12.7. The molecule has 3 nitrogen and oxygen atoms in total. The molecule has 0 unspecified atom stereocenters. The molecule has 1 aromatic carbocycles. The molecule has 1 amide bonds. The van der Waals surface area contributed by atoms with Gasteiger partial charge in [-0.25, -0.2) is 4.79 Å². The molecule has 0 saturated carbocycles. The first-order valence-corrected chi connectivity index (χ1v) is 6.68. The maximum Gasteiger partial charge on any atom is 0.410 e. The molecule has 0 radical (unpaired) electrons. The van der Waals surface area contributed by atoms with Crippen molar-refractivity contribution in [2.75, 3.05) is 13.1 Å². The van der Waals surface area contributed by atoms with Gasteiger partial charge in [0.05, 0.1) is 11.8 Å². The quantitative estimate of drug-likeness (QED) is 0.761. The average molecular weight is 341 g/mol. The van der Waals surface area contributed by atoms with Gasteiger partial charge in [-0.1, -0.05) is 30.3 Å². The summed E-state index contributed by atoms with van der Waals surface area (Å²) < 4.78 is 81.3. The van der Waals surface area contributed by atoms with Gasteiger partial charge in [0.25, 0.3) is 0 Å². The molecule has 0 aliphatic carbocycles. The van der Waals surface area contributed by atoms with Crippen molar-refractivity contribution in [2.24, 2.45) is 11.8 Å². The van der Waals surface area contributed by atoms with Crippen molar-refractivity contribution in [3.8, 4) is 0 Å². The van der Waals surface area contributed by atoms with Crippen molar-refractivity contribution in [1.29, 1.82) is 0 Å². The number of halogens is 6. The predicted octanol–water partition coefficient (Wildman–Crippen LogP) is 4.00. The second kappa shape index (κ2) is 6.29. The lowest BCUT2D eigenvalue weighted by Gasteiger charge is -2.22. The van der Waals surface area contributed by atoms with Crippen LogP contribution < -0.4 is 0 Å². The molecule has 0 N–H and O–H groups in total. The Morgan fingerprint density at radius 2 is 1.48 bits per heavy atom. The summed E-state index contributed by atoms with van der Waals surface area (Å²) >= 11 is 0. The Balaban J connectivity index is 2.02. The lowest BCUT2D eigenvalue weighted by atomic mass is 9.95. The molecule has 128 valence electrons. The minimum Gasteiger partial charge on any atom is -0.445 e. The van der Waals surface area contributed by atoms with E-state index in [0.29, 0.717) is 10.5 Å². The number of carbonyl (C=O) groups is 1. The third kappa shape index (κ3) is 4.29. The Labute approximate surface area is 127 Å². The second-order valence-corrected chi connectivity index (χ2v) is 5.24. The van der Waals surface area contributed by atoms with E-state index in [2.05, 4.69) is 0 Å². The highest BCUT2D eigenvalue weighted by Gasteiger charge is 2.60. The second-order valence-electron chi connectivity index (χ2n) is 5.24. The number of carbonyl (C=O) groups excluding carboxylic acids is 1. The van der Waals surface area contributed by atoms with Gasteiger partial charge in [0.15, 0.2) is 0 Å². The number of amides is 1. The molecular weight excluding hydrogens is 328 g/mol.